The summed E-state index contributed by atoms with van der Waals surface area (Å²) >= 11 is 0. The molecule has 0 bridgehead atoms. The maximum atomic E-state index is 10.7. The van der Waals surface area contributed by atoms with Gasteiger partial charge >= 0.3 is 0 Å². The Morgan fingerprint density at radius 1 is 0.361 bits per heavy atom. The third kappa shape index (κ3) is 6.56. The van der Waals surface area contributed by atoms with E-state index in [4.69, 9.17) is 9.97 Å². The summed E-state index contributed by atoms with van der Waals surface area (Å²) in [6.45, 7) is 0. The summed E-state index contributed by atoms with van der Waals surface area (Å²) < 4.78 is 2.26. The third-order valence-electron chi connectivity index (χ3n) is 11.1. The van der Waals surface area contributed by atoms with Gasteiger partial charge in [0.2, 0.25) is 0 Å². The topological polar surface area (TPSA) is 102 Å². The molecule has 10 aromatic rings. The van der Waals surface area contributed by atoms with Crippen LogP contribution in [0, 0.1) is 34.0 Å². The second-order valence-electron chi connectivity index (χ2n) is 14.7. The Kier molecular flexibility index (Phi) is 9.24. The Morgan fingerprint density at radius 2 is 0.885 bits per heavy atom. The van der Waals surface area contributed by atoms with Gasteiger partial charge in [-0.25, -0.2) is 9.97 Å². The van der Waals surface area contributed by atoms with E-state index in [0.29, 0.717) is 22.5 Å². The van der Waals surface area contributed by atoms with Crippen LogP contribution in [0.15, 0.2) is 194 Å². The zero-order chi connectivity index (χ0) is 41.3. The lowest BCUT2D eigenvalue weighted by molar-refractivity contribution is 1.16. The summed E-state index contributed by atoms with van der Waals surface area (Å²) in [5.74, 6) is 0.504. The Labute approximate surface area is 352 Å². The first-order valence-corrected chi connectivity index (χ1v) is 19.8. The number of benzene rings is 8. The van der Waals surface area contributed by atoms with Crippen LogP contribution in [0.1, 0.15) is 16.7 Å². The predicted molar refractivity (Wildman–Crippen MR) is 243 cm³/mol. The molecule has 0 fully saturated rings. The van der Waals surface area contributed by atoms with E-state index in [-0.39, 0.29) is 0 Å². The SMILES string of the molecule is N#Cc1cccc(-c2ccc3c(c2)c2ccccc2n3-c2c(-c3ccccc3C#N)cc(-c3nc(-c4ccccc4)cc(-c4ccccc4)n3)cc2-c2ccccc2C#N)c1. The number of nitrogens with zero attached hydrogens (tertiary/aromatic N) is 6. The van der Waals surface area contributed by atoms with Gasteiger partial charge in [-0.3, -0.25) is 0 Å². The molecule has 0 aliphatic carbocycles. The van der Waals surface area contributed by atoms with Gasteiger partial charge in [0.05, 0.1) is 63.0 Å². The Morgan fingerprint density at radius 3 is 1.49 bits per heavy atom. The van der Waals surface area contributed by atoms with Crippen LogP contribution >= 0.6 is 0 Å². The summed E-state index contributed by atoms with van der Waals surface area (Å²) in [5, 5.41) is 33.1. The number of para-hydroxylation sites is 1. The molecule has 0 spiro atoms. The first-order valence-electron chi connectivity index (χ1n) is 19.8. The summed E-state index contributed by atoms with van der Waals surface area (Å²) in [5.41, 5.74) is 13.4. The van der Waals surface area contributed by atoms with E-state index < -0.39 is 0 Å². The molecule has 0 unspecified atom stereocenters. The van der Waals surface area contributed by atoms with E-state index in [1.807, 2.05) is 152 Å². The van der Waals surface area contributed by atoms with Gasteiger partial charge in [-0.1, -0.05) is 133 Å². The van der Waals surface area contributed by atoms with Crippen molar-refractivity contribution < 1.29 is 0 Å². The van der Waals surface area contributed by atoms with Crippen LogP contribution in [-0.4, -0.2) is 14.5 Å². The molecule has 6 heteroatoms. The highest BCUT2D eigenvalue weighted by atomic mass is 15.0. The van der Waals surface area contributed by atoms with Gasteiger partial charge in [-0.05, 0) is 71.8 Å². The van der Waals surface area contributed by atoms with E-state index >= 15 is 0 Å². The number of rotatable bonds is 7. The number of hydrogen-bond donors (Lipinski definition) is 0. The lowest BCUT2D eigenvalue weighted by Gasteiger charge is -2.22. The van der Waals surface area contributed by atoms with Gasteiger partial charge in [-0.2, -0.15) is 15.8 Å². The van der Waals surface area contributed by atoms with E-state index in [2.05, 4.69) is 65.2 Å². The third-order valence-corrected chi connectivity index (χ3v) is 11.1. The minimum absolute atomic E-state index is 0.504. The van der Waals surface area contributed by atoms with Gasteiger partial charge in [0, 0.05) is 49.7 Å². The quantitative estimate of drug-likeness (QED) is 0.160. The number of hydrogen-bond acceptors (Lipinski definition) is 5. The van der Waals surface area contributed by atoms with Crippen molar-refractivity contribution in [2.75, 3.05) is 0 Å². The van der Waals surface area contributed by atoms with Crippen molar-refractivity contribution in [1.82, 2.24) is 14.5 Å². The van der Waals surface area contributed by atoms with Crippen LogP contribution in [0.2, 0.25) is 0 Å². The second kappa shape index (κ2) is 15.5. The molecule has 0 amide bonds. The fourth-order valence-corrected chi connectivity index (χ4v) is 8.30. The van der Waals surface area contributed by atoms with Crippen LogP contribution < -0.4 is 0 Å². The van der Waals surface area contributed by atoms with Crippen molar-refractivity contribution in [3.05, 3.63) is 211 Å². The molecule has 0 saturated heterocycles. The molecule has 2 aromatic heterocycles. The van der Waals surface area contributed by atoms with Crippen LogP contribution in [0.5, 0.6) is 0 Å². The fraction of sp³-hybridized carbons (Fsp3) is 0. The molecule has 0 atom stereocenters. The Balaban J connectivity index is 1.34. The minimum Gasteiger partial charge on any atom is -0.308 e. The van der Waals surface area contributed by atoms with Gasteiger partial charge in [0.1, 0.15) is 0 Å². The molecule has 0 N–H and O–H groups in total. The smallest absolute Gasteiger partial charge is 0.160 e. The monoisotopic (exact) mass is 776 g/mol. The van der Waals surface area contributed by atoms with Crippen LogP contribution in [0.4, 0.5) is 0 Å². The first kappa shape index (κ1) is 36.5. The molecular weight excluding hydrogens is 745 g/mol. The van der Waals surface area contributed by atoms with E-state index in [1.54, 1.807) is 0 Å². The molecule has 8 aromatic carbocycles. The molecule has 61 heavy (non-hydrogen) atoms. The van der Waals surface area contributed by atoms with E-state index in [9.17, 15) is 15.8 Å². The van der Waals surface area contributed by atoms with Crippen molar-refractivity contribution in [1.29, 1.82) is 15.8 Å². The molecule has 0 aliphatic rings. The normalized spacial score (nSPS) is 10.9. The van der Waals surface area contributed by atoms with Gasteiger partial charge in [0.15, 0.2) is 5.82 Å². The molecule has 0 saturated carbocycles. The molecule has 0 radical (unpaired) electrons. The highest BCUT2D eigenvalue weighted by Gasteiger charge is 2.25. The lowest BCUT2D eigenvalue weighted by atomic mass is 9.89. The van der Waals surface area contributed by atoms with Gasteiger partial charge < -0.3 is 4.57 Å². The van der Waals surface area contributed by atoms with Gasteiger partial charge in [-0.15, -0.1) is 0 Å². The summed E-state index contributed by atoms with van der Waals surface area (Å²) in [6, 6.07) is 71.1. The van der Waals surface area contributed by atoms with E-state index in [1.165, 1.54) is 0 Å². The largest absolute Gasteiger partial charge is 0.308 e. The maximum Gasteiger partial charge on any atom is 0.160 e. The highest BCUT2D eigenvalue weighted by Crippen LogP contribution is 2.45. The van der Waals surface area contributed by atoms with Crippen molar-refractivity contribution >= 4 is 21.8 Å². The summed E-state index contributed by atoms with van der Waals surface area (Å²) in [7, 11) is 0. The number of aromatic nitrogens is 3. The lowest BCUT2D eigenvalue weighted by Crippen LogP contribution is -2.04. The molecule has 282 valence electrons. The van der Waals surface area contributed by atoms with E-state index in [0.717, 1.165) is 89.0 Å². The molecule has 0 aliphatic heterocycles. The van der Waals surface area contributed by atoms with Gasteiger partial charge in [0.25, 0.3) is 0 Å². The Bertz CT molecular complexity index is 3320. The standard InChI is InChI=1S/C55H32N6/c56-33-36-14-13-21-39(28-36)40-26-27-53-47(29-40)46-24-11-12-25-52(46)61(53)54-48(44-22-9-7-19-41(44)34-57)30-43(31-49(54)45-23-10-8-20-42(45)35-58)55-59-50(37-15-3-1-4-16-37)32-51(60-55)38-17-5-2-6-18-38/h1-32H. The maximum absolute atomic E-state index is 10.7. The van der Waals surface area contributed by atoms with Crippen LogP contribution in [0.3, 0.4) is 0 Å². The van der Waals surface area contributed by atoms with Crippen molar-refractivity contribution in [2.45, 2.75) is 0 Å². The fourth-order valence-electron chi connectivity index (χ4n) is 8.30. The zero-order valence-electron chi connectivity index (χ0n) is 32.7. The molecule has 10 rings (SSSR count). The summed E-state index contributed by atoms with van der Waals surface area (Å²) in [6.07, 6.45) is 0. The molecular formula is C55H32N6. The number of fused-ring (bicyclic) bond motifs is 3. The average Bonchev–Trinajstić information content (AvgIpc) is 3.67. The first-order chi connectivity index (χ1) is 30.1. The average molecular weight is 777 g/mol. The molecule has 6 nitrogen and oxygen atoms in total. The van der Waals surface area contributed by atoms with Crippen LogP contribution in [0.25, 0.3) is 94.8 Å². The summed E-state index contributed by atoms with van der Waals surface area (Å²) in [4.78, 5) is 10.5. The number of nitriles is 3. The van der Waals surface area contributed by atoms with Crippen LogP contribution in [-0.2, 0) is 0 Å². The minimum atomic E-state index is 0.504. The zero-order valence-corrected chi connectivity index (χ0v) is 32.7. The van der Waals surface area contributed by atoms with Crippen molar-refractivity contribution in [3.63, 3.8) is 0 Å². The van der Waals surface area contributed by atoms with Crippen molar-refractivity contribution in [2.24, 2.45) is 0 Å². The van der Waals surface area contributed by atoms with Crippen molar-refractivity contribution in [3.8, 4) is 91.2 Å². The predicted octanol–water partition coefficient (Wildman–Crippen LogP) is 13.2. The molecule has 2 heterocycles. The highest BCUT2D eigenvalue weighted by molar-refractivity contribution is 6.12. The Hall–Kier alpha value is -8.89. The second-order valence-corrected chi connectivity index (χ2v) is 14.7.